The monoisotopic (exact) mass is 429 g/mol. The number of ether oxygens (including phenoxy) is 1. The van der Waals surface area contributed by atoms with Gasteiger partial charge in [-0.1, -0.05) is 30.3 Å². The topological polar surface area (TPSA) is 58.4 Å². The van der Waals surface area contributed by atoms with E-state index in [1.165, 1.54) is 0 Å². The smallest absolute Gasteiger partial charge is 0.216 e. The van der Waals surface area contributed by atoms with Crippen LogP contribution >= 0.6 is 12.2 Å². The molecule has 0 radical (unpaired) electrons. The summed E-state index contributed by atoms with van der Waals surface area (Å²) < 4.78 is 7.90. The van der Waals surface area contributed by atoms with Gasteiger partial charge >= 0.3 is 0 Å². The number of aromatic amines is 1. The van der Waals surface area contributed by atoms with Crippen molar-refractivity contribution in [3.63, 3.8) is 0 Å². The van der Waals surface area contributed by atoms with Crippen molar-refractivity contribution in [1.82, 2.24) is 14.9 Å². The molecule has 4 rings (SSSR count). The quantitative estimate of drug-likeness (QED) is 0.327. The third-order valence-electron chi connectivity index (χ3n) is 4.74. The summed E-state index contributed by atoms with van der Waals surface area (Å²) in [5.74, 6) is 1.47. The standard InChI is InChI=1S/C24H23N5OS/c1-28(2)21-12-10-20(11-13-21)23-26-27-24(31)29(23)25-16-18-8-14-22(15-9-18)30-17-19-6-4-3-5-7-19/h3-16H,17H2,1-2H3,(H,27,31)/b25-16+. The minimum Gasteiger partial charge on any atom is -0.489 e. The van der Waals surface area contributed by atoms with E-state index in [-0.39, 0.29) is 0 Å². The van der Waals surface area contributed by atoms with Crippen LogP contribution < -0.4 is 9.64 Å². The van der Waals surface area contributed by atoms with E-state index in [4.69, 9.17) is 17.0 Å². The number of aromatic nitrogens is 3. The molecule has 31 heavy (non-hydrogen) atoms. The first-order valence-corrected chi connectivity index (χ1v) is 10.3. The summed E-state index contributed by atoms with van der Waals surface area (Å²) in [6.45, 7) is 0.536. The summed E-state index contributed by atoms with van der Waals surface area (Å²) in [6.07, 6.45) is 1.75. The Bertz CT molecular complexity index is 1210. The minimum absolute atomic E-state index is 0.436. The number of nitrogens with zero attached hydrogens (tertiary/aromatic N) is 4. The number of H-pyrrole nitrogens is 1. The molecule has 0 aliphatic carbocycles. The Balaban J connectivity index is 1.47. The molecule has 0 saturated carbocycles. The second-order valence-corrected chi connectivity index (χ2v) is 7.58. The third-order valence-corrected chi connectivity index (χ3v) is 5.01. The van der Waals surface area contributed by atoms with E-state index >= 15 is 0 Å². The molecule has 0 atom stereocenters. The third kappa shape index (κ3) is 5.07. The summed E-state index contributed by atoms with van der Waals surface area (Å²) in [5.41, 5.74) is 4.11. The van der Waals surface area contributed by atoms with Crippen molar-refractivity contribution < 1.29 is 4.74 Å². The Morgan fingerprint density at radius 1 is 1.00 bits per heavy atom. The maximum atomic E-state index is 5.84. The molecule has 1 aromatic heterocycles. The normalized spacial score (nSPS) is 11.0. The van der Waals surface area contributed by atoms with Crippen LogP contribution in [0, 0.1) is 4.77 Å². The molecule has 0 saturated heterocycles. The van der Waals surface area contributed by atoms with Gasteiger partial charge in [0.15, 0.2) is 5.82 Å². The molecular weight excluding hydrogens is 406 g/mol. The van der Waals surface area contributed by atoms with Crippen LogP contribution in [0.15, 0.2) is 84.0 Å². The van der Waals surface area contributed by atoms with Gasteiger partial charge in [0, 0.05) is 25.3 Å². The fourth-order valence-corrected chi connectivity index (χ4v) is 3.19. The molecule has 156 valence electrons. The average Bonchev–Trinajstić information content (AvgIpc) is 3.18. The van der Waals surface area contributed by atoms with Gasteiger partial charge in [0.2, 0.25) is 4.77 Å². The molecule has 0 spiro atoms. The molecule has 1 heterocycles. The lowest BCUT2D eigenvalue weighted by Gasteiger charge is -2.12. The molecule has 3 aromatic carbocycles. The molecule has 0 amide bonds. The van der Waals surface area contributed by atoms with Gasteiger partial charge in [-0.2, -0.15) is 14.9 Å². The van der Waals surface area contributed by atoms with E-state index in [1.807, 2.05) is 97.9 Å². The Morgan fingerprint density at radius 3 is 2.39 bits per heavy atom. The van der Waals surface area contributed by atoms with Gasteiger partial charge in [-0.15, -0.1) is 0 Å². The van der Waals surface area contributed by atoms with Gasteiger partial charge in [-0.3, -0.25) is 0 Å². The van der Waals surface area contributed by atoms with Crippen LogP contribution in [0.25, 0.3) is 11.4 Å². The zero-order chi connectivity index (χ0) is 21.6. The summed E-state index contributed by atoms with van der Waals surface area (Å²) in [4.78, 5) is 2.05. The number of nitrogens with one attached hydrogen (secondary N) is 1. The summed E-state index contributed by atoms with van der Waals surface area (Å²) in [7, 11) is 4.01. The van der Waals surface area contributed by atoms with Gasteiger partial charge < -0.3 is 9.64 Å². The van der Waals surface area contributed by atoms with Crippen LogP contribution in [0.4, 0.5) is 5.69 Å². The molecule has 7 heteroatoms. The number of hydrogen-bond donors (Lipinski definition) is 1. The Morgan fingerprint density at radius 2 is 1.71 bits per heavy atom. The molecule has 0 aliphatic rings. The minimum atomic E-state index is 0.436. The lowest BCUT2D eigenvalue weighted by atomic mass is 10.2. The lowest BCUT2D eigenvalue weighted by molar-refractivity contribution is 0.306. The van der Waals surface area contributed by atoms with E-state index in [0.717, 1.165) is 28.1 Å². The van der Waals surface area contributed by atoms with Crippen molar-refractivity contribution in [2.75, 3.05) is 19.0 Å². The molecule has 6 nitrogen and oxygen atoms in total. The van der Waals surface area contributed by atoms with Gasteiger partial charge in [-0.25, -0.2) is 5.10 Å². The maximum Gasteiger partial charge on any atom is 0.216 e. The SMILES string of the molecule is CN(C)c1ccc(-c2n[nH]c(=S)n2/N=C/c2ccc(OCc3ccccc3)cc2)cc1. The summed E-state index contributed by atoms with van der Waals surface area (Å²) in [5, 5.41) is 11.7. The Labute approximate surface area is 186 Å². The van der Waals surface area contributed by atoms with Gasteiger partial charge in [-0.05, 0) is 71.9 Å². The first-order chi connectivity index (χ1) is 15.1. The maximum absolute atomic E-state index is 5.84. The van der Waals surface area contributed by atoms with Crippen molar-refractivity contribution in [2.45, 2.75) is 6.61 Å². The van der Waals surface area contributed by atoms with E-state index in [2.05, 4.69) is 15.3 Å². The largest absolute Gasteiger partial charge is 0.489 e. The lowest BCUT2D eigenvalue weighted by Crippen LogP contribution is -2.08. The molecule has 0 aliphatic heterocycles. The molecule has 0 fully saturated rings. The summed E-state index contributed by atoms with van der Waals surface area (Å²) in [6, 6.07) is 25.9. The highest BCUT2D eigenvalue weighted by molar-refractivity contribution is 7.71. The van der Waals surface area contributed by atoms with Crippen molar-refractivity contribution in [3.8, 4) is 17.1 Å². The van der Waals surface area contributed by atoms with E-state index in [1.54, 1.807) is 10.9 Å². The Hall–Kier alpha value is -3.71. The first-order valence-electron chi connectivity index (χ1n) is 9.86. The van der Waals surface area contributed by atoms with Crippen LogP contribution in [0.2, 0.25) is 0 Å². The van der Waals surface area contributed by atoms with Gasteiger partial charge in [0.25, 0.3) is 0 Å². The highest BCUT2D eigenvalue weighted by Crippen LogP contribution is 2.21. The zero-order valence-corrected chi connectivity index (χ0v) is 18.2. The number of anilines is 1. The van der Waals surface area contributed by atoms with Crippen LogP contribution in [0.5, 0.6) is 5.75 Å². The molecule has 4 aromatic rings. The van der Waals surface area contributed by atoms with Gasteiger partial charge in [0.05, 0.1) is 6.21 Å². The Kier molecular flexibility index (Phi) is 6.24. The van der Waals surface area contributed by atoms with Crippen molar-refractivity contribution in [2.24, 2.45) is 5.10 Å². The zero-order valence-electron chi connectivity index (χ0n) is 17.4. The number of benzene rings is 3. The molecule has 0 unspecified atom stereocenters. The fraction of sp³-hybridized carbons (Fsp3) is 0.125. The van der Waals surface area contributed by atoms with Crippen LogP contribution in [-0.2, 0) is 6.61 Å². The van der Waals surface area contributed by atoms with Crippen LogP contribution in [0.1, 0.15) is 11.1 Å². The predicted octanol–water partition coefficient (Wildman–Crippen LogP) is 5.13. The second-order valence-electron chi connectivity index (χ2n) is 7.19. The molecular formula is C24H23N5OS. The number of rotatable bonds is 7. The van der Waals surface area contributed by atoms with Gasteiger partial charge in [0.1, 0.15) is 12.4 Å². The van der Waals surface area contributed by atoms with Crippen molar-refractivity contribution >= 4 is 24.1 Å². The van der Waals surface area contributed by atoms with E-state index in [0.29, 0.717) is 17.2 Å². The molecule has 0 bridgehead atoms. The van der Waals surface area contributed by atoms with Crippen molar-refractivity contribution in [1.29, 1.82) is 0 Å². The average molecular weight is 430 g/mol. The van der Waals surface area contributed by atoms with E-state index < -0.39 is 0 Å². The predicted molar refractivity (Wildman–Crippen MR) is 127 cm³/mol. The van der Waals surface area contributed by atoms with Crippen LogP contribution in [0.3, 0.4) is 0 Å². The first kappa shape index (κ1) is 20.6. The highest BCUT2D eigenvalue weighted by Gasteiger charge is 2.08. The number of hydrogen-bond acceptors (Lipinski definition) is 5. The van der Waals surface area contributed by atoms with Crippen LogP contribution in [-0.4, -0.2) is 35.2 Å². The highest BCUT2D eigenvalue weighted by atomic mass is 32.1. The van der Waals surface area contributed by atoms with E-state index in [9.17, 15) is 0 Å². The fourth-order valence-electron chi connectivity index (χ4n) is 3.01. The second kappa shape index (κ2) is 9.40. The van der Waals surface area contributed by atoms with Crippen molar-refractivity contribution in [3.05, 3.63) is 94.8 Å². The molecule has 1 N–H and O–H groups in total. The summed E-state index contributed by atoms with van der Waals surface area (Å²) >= 11 is 5.36.